The molecule has 3 aromatic carbocycles. The van der Waals surface area contributed by atoms with Crippen LogP contribution in [0.5, 0.6) is 5.75 Å². The summed E-state index contributed by atoms with van der Waals surface area (Å²) in [4.78, 5) is 59.3. The number of H-pyrrole nitrogens is 2. The molecule has 250 valence electrons. The average molecular weight is 653 g/mol. The molecule has 12 nitrogen and oxygen atoms in total. The normalized spacial score (nSPS) is 13.9. The van der Waals surface area contributed by atoms with Crippen LogP contribution in [0.1, 0.15) is 30.5 Å². The van der Waals surface area contributed by atoms with Gasteiger partial charge in [0.05, 0.1) is 6.04 Å². The topological polar surface area (TPSA) is 202 Å². The molecular formula is C36H40N6O6. The van der Waals surface area contributed by atoms with Gasteiger partial charge in [-0.05, 0) is 53.3 Å². The summed E-state index contributed by atoms with van der Waals surface area (Å²) in [5, 5.41) is 29.5. The zero-order valence-corrected chi connectivity index (χ0v) is 26.7. The fourth-order valence-corrected chi connectivity index (χ4v) is 5.76. The summed E-state index contributed by atoms with van der Waals surface area (Å²) < 4.78 is 0. The predicted molar refractivity (Wildman–Crippen MR) is 182 cm³/mol. The third kappa shape index (κ3) is 8.02. The second-order valence-electron chi connectivity index (χ2n) is 12.3. The van der Waals surface area contributed by atoms with E-state index in [1.54, 1.807) is 38.4 Å². The molecule has 0 aliphatic carbocycles. The van der Waals surface area contributed by atoms with Gasteiger partial charge in [0, 0.05) is 47.0 Å². The smallest absolute Gasteiger partial charge is 0.326 e. The number of carboxylic acids is 1. The summed E-state index contributed by atoms with van der Waals surface area (Å²) in [6, 6.07) is 16.9. The van der Waals surface area contributed by atoms with Gasteiger partial charge < -0.3 is 41.9 Å². The molecule has 3 amide bonds. The Bertz CT molecular complexity index is 1910. The number of carbonyl (C=O) groups excluding carboxylic acids is 3. The Balaban J connectivity index is 1.33. The van der Waals surface area contributed by atoms with Crippen LogP contribution in [-0.2, 0) is 38.4 Å². The van der Waals surface area contributed by atoms with Crippen LogP contribution in [0.2, 0.25) is 0 Å². The zero-order valence-electron chi connectivity index (χ0n) is 26.7. The van der Waals surface area contributed by atoms with Gasteiger partial charge >= 0.3 is 5.97 Å². The quantitative estimate of drug-likeness (QED) is 0.0901. The largest absolute Gasteiger partial charge is 0.508 e. The van der Waals surface area contributed by atoms with Gasteiger partial charge in [-0.3, -0.25) is 14.4 Å². The van der Waals surface area contributed by atoms with Gasteiger partial charge in [-0.2, -0.15) is 0 Å². The van der Waals surface area contributed by atoms with Gasteiger partial charge in [0.15, 0.2) is 0 Å². The number of fused-ring (bicyclic) bond motifs is 2. The number of para-hydroxylation sites is 2. The van der Waals surface area contributed by atoms with Crippen LogP contribution in [0.3, 0.4) is 0 Å². The summed E-state index contributed by atoms with van der Waals surface area (Å²) in [5.41, 5.74) is 10.2. The molecule has 0 aliphatic rings. The van der Waals surface area contributed by atoms with Gasteiger partial charge in [-0.15, -0.1) is 0 Å². The van der Waals surface area contributed by atoms with Crippen LogP contribution in [-0.4, -0.2) is 68.0 Å². The second-order valence-corrected chi connectivity index (χ2v) is 12.3. The Hall–Kier alpha value is -5.62. The third-order valence-electron chi connectivity index (χ3n) is 8.42. The molecule has 0 saturated carbocycles. The third-order valence-corrected chi connectivity index (χ3v) is 8.42. The fraction of sp³-hybridized carbons (Fsp3) is 0.278. The van der Waals surface area contributed by atoms with Crippen LogP contribution in [0, 0.1) is 5.92 Å². The Morgan fingerprint density at radius 3 is 1.75 bits per heavy atom. The molecule has 4 atom stereocenters. The van der Waals surface area contributed by atoms with Crippen LogP contribution in [0.4, 0.5) is 0 Å². The lowest BCUT2D eigenvalue weighted by Crippen LogP contribution is -2.59. The summed E-state index contributed by atoms with van der Waals surface area (Å²) in [6.45, 7) is 3.47. The highest BCUT2D eigenvalue weighted by Gasteiger charge is 2.33. The van der Waals surface area contributed by atoms with E-state index in [4.69, 9.17) is 5.73 Å². The number of amides is 3. The van der Waals surface area contributed by atoms with Crippen molar-refractivity contribution in [3.05, 3.63) is 102 Å². The summed E-state index contributed by atoms with van der Waals surface area (Å²) in [7, 11) is 0. The van der Waals surface area contributed by atoms with Crippen molar-refractivity contribution in [1.82, 2.24) is 25.9 Å². The minimum atomic E-state index is -1.26. The summed E-state index contributed by atoms with van der Waals surface area (Å²) in [6.07, 6.45) is 3.78. The molecular weight excluding hydrogens is 612 g/mol. The Morgan fingerprint density at radius 1 is 0.688 bits per heavy atom. The van der Waals surface area contributed by atoms with E-state index in [9.17, 15) is 29.4 Å². The van der Waals surface area contributed by atoms with Gasteiger partial charge in [0.25, 0.3) is 0 Å². The SMILES string of the molecule is CC(C)C(NC(=O)C(Cc1c[nH]c2ccccc12)NC(=O)C(N)Cc1ccc(O)cc1)C(=O)NC(Cc1c[nH]c2ccccc12)C(=O)O. The first-order valence-electron chi connectivity index (χ1n) is 15.8. The maximum atomic E-state index is 13.9. The van der Waals surface area contributed by atoms with Crippen LogP contribution in [0.25, 0.3) is 21.8 Å². The monoisotopic (exact) mass is 652 g/mol. The number of carboxylic acid groups (broad SMARTS) is 1. The molecule has 9 N–H and O–H groups in total. The lowest BCUT2D eigenvalue weighted by Gasteiger charge is -2.27. The number of phenols is 1. The number of hydrogen-bond donors (Lipinski definition) is 8. The second kappa shape index (κ2) is 14.9. The summed E-state index contributed by atoms with van der Waals surface area (Å²) in [5.74, 6) is -3.40. The number of hydrogen-bond acceptors (Lipinski definition) is 6. The first-order chi connectivity index (χ1) is 23.0. The number of phenolic OH excluding ortho intramolecular Hbond substituents is 1. The molecule has 4 unspecified atom stereocenters. The first kappa shape index (κ1) is 33.7. The van der Waals surface area contributed by atoms with E-state index >= 15 is 0 Å². The number of aromatic hydroxyl groups is 1. The minimum Gasteiger partial charge on any atom is -0.508 e. The number of nitrogens with two attached hydrogens (primary N) is 1. The van der Waals surface area contributed by atoms with Crippen LogP contribution in [0.15, 0.2) is 85.2 Å². The Kier molecular flexibility index (Phi) is 10.4. The molecule has 2 aromatic heterocycles. The highest BCUT2D eigenvalue weighted by molar-refractivity contribution is 5.95. The fourth-order valence-electron chi connectivity index (χ4n) is 5.76. The molecule has 0 fully saturated rings. The summed E-state index contributed by atoms with van der Waals surface area (Å²) >= 11 is 0. The van der Waals surface area contributed by atoms with E-state index in [-0.39, 0.29) is 25.0 Å². The van der Waals surface area contributed by atoms with Crippen LogP contribution < -0.4 is 21.7 Å². The van der Waals surface area contributed by atoms with Crippen molar-refractivity contribution in [2.75, 3.05) is 0 Å². The van der Waals surface area contributed by atoms with Gasteiger partial charge in [-0.1, -0.05) is 62.4 Å². The molecule has 0 spiro atoms. The molecule has 0 saturated heterocycles. The maximum absolute atomic E-state index is 13.9. The minimum absolute atomic E-state index is 0.0298. The molecule has 12 heteroatoms. The van der Waals surface area contributed by atoms with Gasteiger partial charge in [-0.25, -0.2) is 4.79 Å². The molecule has 0 radical (unpaired) electrons. The lowest BCUT2D eigenvalue weighted by molar-refractivity contribution is -0.142. The Morgan fingerprint density at radius 2 is 1.21 bits per heavy atom. The highest BCUT2D eigenvalue weighted by Crippen LogP contribution is 2.21. The predicted octanol–water partition coefficient (Wildman–Crippen LogP) is 2.91. The highest BCUT2D eigenvalue weighted by atomic mass is 16.4. The van der Waals surface area contributed by atoms with E-state index in [2.05, 4.69) is 25.9 Å². The van der Waals surface area contributed by atoms with E-state index in [1.165, 1.54) is 12.1 Å². The maximum Gasteiger partial charge on any atom is 0.326 e. The van der Waals surface area contributed by atoms with E-state index in [1.807, 2.05) is 48.5 Å². The number of aromatic nitrogens is 2. The molecule has 5 rings (SSSR count). The molecule has 2 heterocycles. The van der Waals surface area contributed by atoms with Crippen molar-refractivity contribution < 1.29 is 29.4 Å². The average Bonchev–Trinajstić information content (AvgIpc) is 3.67. The number of nitrogens with one attached hydrogen (secondary N) is 5. The van der Waals surface area contributed by atoms with Gasteiger partial charge in [0.2, 0.25) is 17.7 Å². The number of rotatable bonds is 14. The molecule has 48 heavy (non-hydrogen) atoms. The molecule has 5 aromatic rings. The number of benzene rings is 3. The number of aromatic amines is 2. The van der Waals surface area contributed by atoms with Crippen molar-refractivity contribution in [2.24, 2.45) is 11.7 Å². The van der Waals surface area contributed by atoms with Crippen molar-refractivity contribution in [3.63, 3.8) is 0 Å². The molecule has 0 bridgehead atoms. The van der Waals surface area contributed by atoms with Crippen molar-refractivity contribution in [3.8, 4) is 5.75 Å². The van der Waals surface area contributed by atoms with Crippen LogP contribution >= 0.6 is 0 Å². The van der Waals surface area contributed by atoms with Crippen molar-refractivity contribution in [2.45, 2.75) is 57.3 Å². The van der Waals surface area contributed by atoms with Crippen molar-refractivity contribution in [1.29, 1.82) is 0 Å². The number of carbonyl (C=O) groups is 4. The zero-order chi connectivity index (χ0) is 34.4. The van der Waals surface area contributed by atoms with Crippen molar-refractivity contribution >= 4 is 45.5 Å². The number of aliphatic carboxylic acids is 1. The van der Waals surface area contributed by atoms with E-state index in [0.29, 0.717) is 0 Å². The van der Waals surface area contributed by atoms with E-state index in [0.717, 1.165) is 38.5 Å². The van der Waals surface area contributed by atoms with Gasteiger partial charge in [0.1, 0.15) is 23.9 Å². The van der Waals surface area contributed by atoms with E-state index < -0.39 is 53.8 Å². The molecule has 0 aliphatic heterocycles. The standard InChI is InChI=1S/C36H40N6O6/c1-20(2)32(35(46)41-31(36(47)48)17-23-19-39-29-10-6-4-8-26(23)29)42-34(45)30(16-22-18-38-28-9-5-3-7-25(22)28)40-33(44)27(37)15-21-11-13-24(43)14-12-21/h3-14,18-20,27,30-32,38-39,43H,15-17,37H2,1-2H3,(H,40,44)(H,41,46)(H,42,45)(H,47,48). The first-order valence-corrected chi connectivity index (χ1v) is 15.8. The Labute approximate surface area is 277 Å². The lowest BCUT2D eigenvalue weighted by atomic mass is 9.99.